The van der Waals surface area contributed by atoms with Crippen LogP contribution in [0.1, 0.15) is 16.1 Å². The van der Waals surface area contributed by atoms with Gasteiger partial charge in [-0.15, -0.1) is 0 Å². The van der Waals surface area contributed by atoms with E-state index in [1.807, 2.05) is 24.3 Å². The molecule has 2 heterocycles. The van der Waals surface area contributed by atoms with Crippen molar-refractivity contribution >= 4 is 27.5 Å². The summed E-state index contributed by atoms with van der Waals surface area (Å²) in [5.74, 6) is 0.157. The van der Waals surface area contributed by atoms with E-state index in [0.717, 1.165) is 17.7 Å². The molecule has 0 aliphatic carbocycles. The number of halogens is 1. The van der Waals surface area contributed by atoms with Crippen molar-refractivity contribution in [1.29, 1.82) is 0 Å². The Morgan fingerprint density at radius 2 is 2.11 bits per heavy atom. The number of furan rings is 1. The van der Waals surface area contributed by atoms with Gasteiger partial charge in [0.1, 0.15) is 0 Å². The Hall–Kier alpha value is -1.59. The van der Waals surface area contributed by atoms with Crippen molar-refractivity contribution in [2.45, 2.75) is 12.5 Å². The fraction of sp³-hybridized carbons (Fsp3) is 0.214. The van der Waals surface area contributed by atoms with Crippen molar-refractivity contribution < 1.29 is 9.21 Å². The SMILES string of the molecule is NC1Cc2ccccc2N(C(=O)c2ccc(Br)o2)C1. The Labute approximate surface area is 119 Å². The largest absolute Gasteiger partial charge is 0.444 e. The molecule has 19 heavy (non-hydrogen) atoms. The molecule has 1 aliphatic heterocycles. The van der Waals surface area contributed by atoms with Crippen LogP contribution in [0.25, 0.3) is 0 Å². The lowest BCUT2D eigenvalue weighted by Crippen LogP contribution is -2.46. The van der Waals surface area contributed by atoms with Crippen molar-refractivity contribution in [2.75, 3.05) is 11.4 Å². The second kappa shape index (κ2) is 4.83. The second-order valence-electron chi connectivity index (χ2n) is 4.61. The quantitative estimate of drug-likeness (QED) is 0.878. The molecule has 2 N–H and O–H groups in total. The standard InChI is InChI=1S/C14H13BrN2O2/c15-13-6-5-12(19-13)14(18)17-8-10(16)7-9-3-1-2-4-11(9)17/h1-6,10H,7-8,16H2. The molecular weight excluding hydrogens is 308 g/mol. The van der Waals surface area contributed by atoms with Crippen LogP contribution in [0.4, 0.5) is 5.69 Å². The Bertz CT molecular complexity index is 623. The first kappa shape index (κ1) is 12.4. The van der Waals surface area contributed by atoms with Crippen LogP contribution in [0, 0.1) is 0 Å². The molecule has 98 valence electrons. The molecule has 0 saturated carbocycles. The van der Waals surface area contributed by atoms with Gasteiger partial charge in [0.2, 0.25) is 0 Å². The molecule has 1 unspecified atom stereocenters. The molecule has 1 amide bonds. The Morgan fingerprint density at radius 1 is 1.32 bits per heavy atom. The van der Waals surface area contributed by atoms with Crippen molar-refractivity contribution in [3.63, 3.8) is 0 Å². The average Bonchev–Trinajstić information content (AvgIpc) is 2.83. The smallest absolute Gasteiger partial charge is 0.294 e. The summed E-state index contributed by atoms with van der Waals surface area (Å²) in [5.41, 5.74) is 8.04. The van der Waals surface area contributed by atoms with Crippen molar-refractivity contribution in [3.05, 3.63) is 52.4 Å². The number of rotatable bonds is 1. The number of nitrogens with two attached hydrogens (primary N) is 1. The minimum absolute atomic E-state index is 0.0442. The number of anilines is 1. The van der Waals surface area contributed by atoms with Gasteiger partial charge >= 0.3 is 0 Å². The van der Waals surface area contributed by atoms with Crippen LogP contribution >= 0.6 is 15.9 Å². The molecule has 1 aromatic heterocycles. The van der Waals surface area contributed by atoms with Crippen molar-refractivity contribution in [1.82, 2.24) is 0 Å². The highest BCUT2D eigenvalue weighted by Crippen LogP contribution is 2.28. The summed E-state index contributed by atoms with van der Waals surface area (Å²) >= 11 is 3.21. The number of carbonyl (C=O) groups excluding carboxylic acids is 1. The maximum absolute atomic E-state index is 12.5. The summed E-state index contributed by atoms with van der Waals surface area (Å²) in [6, 6.07) is 11.2. The fourth-order valence-electron chi connectivity index (χ4n) is 2.38. The molecule has 0 fully saturated rings. The maximum Gasteiger partial charge on any atom is 0.294 e. The van der Waals surface area contributed by atoms with Gasteiger partial charge < -0.3 is 15.1 Å². The third-order valence-electron chi connectivity index (χ3n) is 3.21. The molecule has 0 saturated heterocycles. The molecule has 3 rings (SSSR count). The summed E-state index contributed by atoms with van der Waals surface area (Å²) in [6.45, 7) is 0.508. The molecular formula is C14H13BrN2O2. The lowest BCUT2D eigenvalue weighted by Gasteiger charge is -2.32. The van der Waals surface area contributed by atoms with Gasteiger partial charge in [0.15, 0.2) is 10.4 Å². The predicted molar refractivity (Wildman–Crippen MR) is 76.2 cm³/mol. The van der Waals surface area contributed by atoms with E-state index < -0.39 is 0 Å². The Morgan fingerprint density at radius 3 is 2.84 bits per heavy atom. The van der Waals surface area contributed by atoms with E-state index in [1.54, 1.807) is 17.0 Å². The number of fused-ring (bicyclic) bond motifs is 1. The molecule has 1 atom stereocenters. The normalized spacial score (nSPS) is 18.2. The second-order valence-corrected chi connectivity index (χ2v) is 5.39. The number of hydrogen-bond donors (Lipinski definition) is 1. The van der Waals surface area contributed by atoms with Gasteiger partial charge in [-0.1, -0.05) is 18.2 Å². The van der Waals surface area contributed by atoms with Crippen LogP contribution < -0.4 is 10.6 Å². The Kier molecular flexibility index (Phi) is 3.16. The van der Waals surface area contributed by atoms with Gasteiger partial charge in [0.05, 0.1) is 0 Å². The molecule has 0 spiro atoms. The zero-order chi connectivity index (χ0) is 13.4. The Balaban J connectivity index is 1.99. The van der Waals surface area contributed by atoms with E-state index >= 15 is 0 Å². The summed E-state index contributed by atoms with van der Waals surface area (Å²) in [5, 5.41) is 0. The number of hydrogen-bond acceptors (Lipinski definition) is 3. The lowest BCUT2D eigenvalue weighted by atomic mass is 9.98. The first-order chi connectivity index (χ1) is 9.15. The van der Waals surface area contributed by atoms with Gasteiger partial charge in [-0.05, 0) is 46.1 Å². The molecule has 0 bridgehead atoms. The first-order valence-corrected chi connectivity index (χ1v) is 6.85. The molecule has 4 nitrogen and oxygen atoms in total. The van der Waals surface area contributed by atoms with Gasteiger partial charge in [-0.2, -0.15) is 0 Å². The van der Waals surface area contributed by atoms with Crippen LogP contribution in [0.15, 0.2) is 45.5 Å². The number of carbonyl (C=O) groups is 1. The molecule has 2 aromatic rings. The predicted octanol–water partition coefficient (Wildman–Crippen LogP) is 2.57. The zero-order valence-electron chi connectivity index (χ0n) is 10.2. The van der Waals surface area contributed by atoms with Crippen LogP contribution in [-0.4, -0.2) is 18.5 Å². The zero-order valence-corrected chi connectivity index (χ0v) is 11.8. The highest BCUT2D eigenvalue weighted by Gasteiger charge is 2.28. The van der Waals surface area contributed by atoms with E-state index in [9.17, 15) is 4.79 Å². The van der Waals surface area contributed by atoms with Crippen molar-refractivity contribution in [3.8, 4) is 0 Å². The van der Waals surface area contributed by atoms with Gasteiger partial charge in [0, 0.05) is 18.3 Å². The average molecular weight is 321 g/mol. The van der Waals surface area contributed by atoms with Crippen molar-refractivity contribution in [2.24, 2.45) is 5.73 Å². The molecule has 1 aliphatic rings. The summed E-state index contributed by atoms with van der Waals surface area (Å²) < 4.78 is 5.88. The van der Waals surface area contributed by atoms with E-state index in [0.29, 0.717) is 17.0 Å². The van der Waals surface area contributed by atoms with E-state index in [1.165, 1.54) is 0 Å². The van der Waals surface area contributed by atoms with Crippen LogP contribution in [0.5, 0.6) is 0 Å². The maximum atomic E-state index is 12.5. The third kappa shape index (κ3) is 2.31. The van der Waals surface area contributed by atoms with Crippen LogP contribution in [0.3, 0.4) is 0 Å². The third-order valence-corrected chi connectivity index (χ3v) is 3.64. The number of benzene rings is 1. The number of para-hydroxylation sites is 1. The molecule has 1 aromatic carbocycles. The highest BCUT2D eigenvalue weighted by atomic mass is 79.9. The molecule has 0 radical (unpaired) electrons. The lowest BCUT2D eigenvalue weighted by molar-refractivity contribution is 0.0955. The van der Waals surface area contributed by atoms with Gasteiger partial charge in [0.25, 0.3) is 5.91 Å². The van der Waals surface area contributed by atoms with E-state index in [4.69, 9.17) is 10.2 Å². The number of nitrogens with zero attached hydrogens (tertiary/aromatic N) is 1. The van der Waals surface area contributed by atoms with Crippen LogP contribution in [-0.2, 0) is 6.42 Å². The monoisotopic (exact) mass is 320 g/mol. The highest BCUT2D eigenvalue weighted by molar-refractivity contribution is 9.10. The minimum atomic E-state index is -0.159. The van der Waals surface area contributed by atoms with Crippen LogP contribution in [0.2, 0.25) is 0 Å². The summed E-state index contributed by atoms with van der Waals surface area (Å²) in [6.07, 6.45) is 0.793. The molecule has 5 heteroatoms. The topological polar surface area (TPSA) is 59.5 Å². The summed E-state index contributed by atoms with van der Waals surface area (Å²) in [4.78, 5) is 14.2. The summed E-state index contributed by atoms with van der Waals surface area (Å²) in [7, 11) is 0. The van der Waals surface area contributed by atoms with E-state index in [2.05, 4.69) is 15.9 Å². The first-order valence-electron chi connectivity index (χ1n) is 6.06. The van der Waals surface area contributed by atoms with E-state index in [-0.39, 0.29) is 11.9 Å². The number of amides is 1. The minimum Gasteiger partial charge on any atom is -0.444 e. The van der Waals surface area contributed by atoms with Gasteiger partial charge in [-0.3, -0.25) is 4.79 Å². The fourth-order valence-corrected chi connectivity index (χ4v) is 2.69. The van der Waals surface area contributed by atoms with Gasteiger partial charge in [-0.25, -0.2) is 0 Å².